The van der Waals surface area contributed by atoms with Crippen molar-refractivity contribution in [3.8, 4) is 0 Å². The van der Waals surface area contributed by atoms with Crippen molar-refractivity contribution in [1.29, 1.82) is 0 Å². The van der Waals surface area contributed by atoms with Crippen LogP contribution in [0.2, 0.25) is 0 Å². The van der Waals surface area contributed by atoms with Gasteiger partial charge in [0.2, 0.25) is 15.9 Å². The summed E-state index contributed by atoms with van der Waals surface area (Å²) in [5.41, 5.74) is 0.925. The van der Waals surface area contributed by atoms with E-state index in [1.54, 1.807) is 28.9 Å². The third-order valence-corrected chi connectivity index (χ3v) is 7.72. The molecular formula is C20H27N3O5S. The second-order valence-corrected chi connectivity index (χ2v) is 10.1. The van der Waals surface area contributed by atoms with Gasteiger partial charge in [0.25, 0.3) is 5.56 Å². The Morgan fingerprint density at radius 2 is 2.07 bits per heavy atom. The van der Waals surface area contributed by atoms with Gasteiger partial charge in [0.15, 0.2) is 0 Å². The Labute approximate surface area is 170 Å². The molecule has 8 nitrogen and oxygen atoms in total. The first-order chi connectivity index (χ1) is 13.8. The molecule has 1 aliphatic carbocycles. The quantitative estimate of drug-likeness (QED) is 0.719. The highest BCUT2D eigenvalue weighted by Crippen LogP contribution is 2.50. The summed E-state index contributed by atoms with van der Waals surface area (Å²) in [5.74, 6) is -1.26. The first kappa shape index (κ1) is 20.3. The van der Waals surface area contributed by atoms with Gasteiger partial charge in [0.1, 0.15) is 6.04 Å². The van der Waals surface area contributed by atoms with Crippen molar-refractivity contribution >= 4 is 22.0 Å². The predicted octanol–water partition coefficient (Wildman–Crippen LogP) is 0.473. The molecule has 0 bridgehead atoms. The zero-order valence-corrected chi connectivity index (χ0v) is 17.4. The second kappa shape index (κ2) is 7.37. The van der Waals surface area contributed by atoms with E-state index in [1.807, 2.05) is 6.92 Å². The zero-order chi connectivity index (χ0) is 20.9. The van der Waals surface area contributed by atoms with Crippen molar-refractivity contribution in [3.63, 3.8) is 0 Å². The Balaban J connectivity index is 1.78. The van der Waals surface area contributed by atoms with Crippen LogP contribution in [0.25, 0.3) is 6.08 Å². The van der Waals surface area contributed by atoms with Crippen LogP contribution in [-0.4, -0.2) is 53.3 Å². The van der Waals surface area contributed by atoms with Crippen molar-refractivity contribution in [2.24, 2.45) is 11.8 Å². The molecule has 4 atom stereocenters. The molecule has 29 heavy (non-hydrogen) atoms. The lowest BCUT2D eigenvalue weighted by Gasteiger charge is -2.32. The highest BCUT2D eigenvalue weighted by molar-refractivity contribution is 7.88. The smallest absolute Gasteiger partial charge is 0.258 e. The van der Waals surface area contributed by atoms with E-state index < -0.39 is 28.0 Å². The van der Waals surface area contributed by atoms with Crippen molar-refractivity contribution in [3.05, 3.63) is 39.8 Å². The Hall–Kier alpha value is -1.97. The van der Waals surface area contributed by atoms with Gasteiger partial charge in [-0.15, -0.1) is 0 Å². The number of aromatic nitrogens is 1. The minimum atomic E-state index is -3.76. The largest absolute Gasteiger partial charge is 0.396 e. The standard InChI is InChI=1S/C20H27N3O5S/c1-3-5-12-8-9-16-17-14(10-22(16)20(12)26)15(11-24)18(23(17)29(2,27)28)19(25)21-13-6-4-7-13/h3,5,8-9,13-15,17-18,24H,4,6-7,10-11H2,1-2H3,(H,21,25)/b5-3+/t14-,15-,17+,18-/m0/s1. The number of amides is 1. The first-order valence-corrected chi connectivity index (χ1v) is 11.9. The van der Waals surface area contributed by atoms with E-state index in [2.05, 4.69) is 5.32 Å². The molecule has 158 valence electrons. The molecule has 2 aliphatic heterocycles. The Kier molecular flexibility index (Phi) is 5.16. The predicted molar refractivity (Wildman–Crippen MR) is 108 cm³/mol. The van der Waals surface area contributed by atoms with Crippen molar-refractivity contribution in [1.82, 2.24) is 14.2 Å². The number of aliphatic hydroxyl groups excluding tert-OH is 1. The lowest BCUT2D eigenvalue weighted by atomic mass is 9.87. The molecule has 1 aromatic rings. The van der Waals surface area contributed by atoms with E-state index in [1.165, 1.54) is 4.31 Å². The maximum Gasteiger partial charge on any atom is 0.258 e. The topological polar surface area (TPSA) is 109 Å². The number of allylic oxidation sites excluding steroid dienone is 1. The van der Waals surface area contributed by atoms with Crippen LogP contribution in [0, 0.1) is 11.8 Å². The van der Waals surface area contributed by atoms with Crippen molar-refractivity contribution in [2.45, 2.75) is 50.9 Å². The Morgan fingerprint density at radius 3 is 2.62 bits per heavy atom. The zero-order valence-electron chi connectivity index (χ0n) is 16.6. The Bertz CT molecular complexity index is 1010. The molecule has 0 radical (unpaired) electrons. The van der Waals surface area contributed by atoms with Gasteiger partial charge in [0.05, 0.1) is 12.3 Å². The fourth-order valence-corrected chi connectivity index (χ4v) is 6.32. The monoisotopic (exact) mass is 421 g/mol. The van der Waals surface area contributed by atoms with Crippen LogP contribution in [0.4, 0.5) is 0 Å². The number of aliphatic hydroxyl groups is 1. The number of hydrogen-bond donors (Lipinski definition) is 2. The van der Waals surface area contributed by atoms with Gasteiger partial charge in [-0.3, -0.25) is 9.59 Å². The number of fused-ring (bicyclic) bond motifs is 3. The summed E-state index contributed by atoms with van der Waals surface area (Å²) in [6.45, 7) is 1.79. The van der Waals surface area contributed by atoms with E-state index in [0.717, 1.165) is 25.5 Å². The minimum Gasteiger partial charge on any atom is -0.396 e. The number of nitrogens with one attached hydrogen (secondary N) is 1. The molecule has 3 heterocycles. The molecule has 2 N–H and O–H groups in total. The number of sulfonamides is 1. The number of carbonyl (C=O) groups is 1. The van der Waals surface area contributed by atoms with Gasteiger partial charge in [-0.1, -0.05) is 12.2 Å². The molecule has 1 saturated carbocycles. The number of carbonyl (C=O) groups excluding carboxylic acids is 1. The summed E-state index contributed by atoms with van der Waals surface area (Å²) < 4.78 is 28.3. The third-order valence-electron chi connectivity index (χ3n) is 6.50. The second-order valence-electron chi connectivity index (χ2n) is 8.26. The van der Waals surface area contributed by atoms with Gasteiger partial charge >= 0.3 is 0 Å². The average Bonchev–Trinajstić information content (AvgIpc) is 3.14. The van der Waals surface area contributed by atoms with Crippen LogP contribution in [0.3, 0.4) is 0 Å². The molecule has 1 amide bonds. The molecule has 2 fully saturated rings. The van der Waals surface area contributed by atoms with E-state index in [0.29, 0.717) is 11.3 Å². The van der Waals surface area contributed by atoms with E-state index in [4.69, 9.17) is 0 Å². The number of rotatable bonds is 5. The van der Waals surface area contributed by atoms with E-state index in [9.17, 15) is 23.1 Å². The number of hydrogen-bond acceptors (Lipinski definition) is 5. The maximum atomic E-state index is 13.0. The molecule has 4 rings (SSSR count). The molecule has 0 spiro atoms. The molecule has 0 unspecified atom stereocenters. The van der Waals surface area contributed by atoms with Crippen LogP contribution >= 0.6 is 0 Å². The molecule has 0 aromatic carbocycles. The molecular weight excluding hydrogens is 394 g/mol. The van der Waals surface area contributed by atoms with E-state index >= 15 is 0 Å². The summed E-state index contributed by atoms with van der Waals surface area (Å²) >= 11 is 0. The molecule has 9 heteroatoms. The summed E-state index contributed by atoms with van der Waals surface area (Å²) in [6.07, 6.45) is 7.41. The summed E-state index contributed by atoms with van der Waals surface area (Å²) in [4.78, 5) is 25.9. The van der Waals surface area contributed by atoms with Gasteiger partial charge in [-0.25, -0.2) is 8.42 Å². The molecule has 3 aliphatic rings. The fourth-order valence-electron chi connectivity index (χ4n) is 4.97. The average molecular weight is 422 g/mol. The first-order valence-electron chi connectivity index (χ1n) is 10.0. The minimum absolute atomic E-state index is 0.0713. The van der Waals surface area contributed by atoms with Crippen LogP contribution in [-0.2, 0) is 21.4 Å². The summed E-state index contributed by atoms with van der Waals surface area (Å²) in [6, 6.07) is 1.92. The SMILES string of the molecule is C/C=C/c1ccc2n(c1=O)C[C@H]1[C@H](CO)[C@@H](C(=O)NC3CCC3)N(S(C)(=O)=O)[C@@H]21. The van der Waals surface area contributed by atoms with Gasteiger partial charge < -0.3 is 15.0 Å². The number of nitrogens with zero attached hydrogens (tertiary/aromatic N) is 2. The number of pyridine rings is 1. The van der Waals surface area contributed by atoms with Gasteiger partial charge in [0, 0.05) is 42.3 Å². The maximum absolute atomic E-state index is 13.0. The van der Waals surface area contributed by atoms with Crippen LogP contribution in [0.5, 0.6) is 0 Å². The Morgan fingerprint density at radius 1 is 1.34 bits per heavy atom. The van der Waals surface area contributed by atoms with Crippen LogP contribution < -0.4 is 10.9 Å². The highest BCUT2D eigenvalue weighted by atomic mass is 32.2. The fraction of sp³-hybridized carbons (Fsp3) is 0.600. The van der Waals surface area contributed by atoms with Gasteiger partial charge in [-0.05, 0) is 38.3 Å². The summed E-state index contributed by atoms with van der Waals surface area (Å²) in [5, 5.41) is 13.0. The molecule has 1 saturated heterocycles. The van der Waals surface area contributed by atoms with E-state index in [-0.39, 0.29) is 36.6 Å². The van der Waals surface area contributed by atoms with Crippen LogP contribution in [0.15, 0.2) is 23.0 Å². The van der Waals surface area contributed by atoms with Gasteiger partial charge in [-0.2, -0.15) is 4.31 Å². The van der Waals surface area contributed by atoms with Crippen molar-refractivity contribution in [2.75, 3.05) is 12.9 Å². The summed E-state index contributed by atoms with van der Waals surface area (Å²) in [7, 11) is -3.76. The lowest BCUT2D eigenvalue weighted by Crippen LogP contribution is -2.53. The van der Waals surface area contributed by atoms with Crippen molar-refractivity contribution < 1.29 is 18.3 Å². The normalized spacial score (nSPS) is 29.6. The van der Waals surface area contributed by atoms with Crippen LogP contribution in [0.1, 0.15) is 43.5 Å². The third kappa shape index (κ3) is 3.25. The molecule has 1 aromatic heterocycles. The lowest BCUT2D eigenvalue weighted by molar-refractivity contribution is -0.127. The highest BCUT2D eigenvalue weighted by Gasteiger charge is 2.58.